The molecule has 0 aromatic heterocycles. The molecule has 0 aliphatic rings. The number of hydrogen-bond donors (Lipinski definition) is 1. The first-order valence-corrected chi connectivity index (χ1v) is 13.3. The van der Waals surface area contributed by atoms with Crippen molar-refractivity contribution in [2.45, 2.75) is 51.1 Å². The maximum Gasteiger partial charge on any atom is 0.243 e. The molecule has 190 valence electrons. The molecule has 3 aromatic rings. The fourth-order valence-electron chi connectivity index (χ4n) is 3.85. The van der Waals surface area contributed by atoms with Gasteiger partial charge in [-0.05, 0) is 49.6 Å². The number of carbonyl (C=O) groups is 2. The van der Waals surface area contributed by atoms with Gasteiger partial charge in [-0.2, -0.15) is 0 Å². The van der Waals surface area contributed by atoms with E-state index in [2.05, 4.69) is 5.32 Å². The van der Waals surface area contributed by atoms with Gasteiger partial charge >= 0.3 is 0 Å². The van der Waals surface area contributed by atoms with Crippen LogP contribution in [0.1, 0.15) is 37.5 Å². The quantitative estimate of drug-likeness (QED) is 0.376. The van der Waals surface area contributed by atoms with Crippen molar-refractivity contribution in [3.05, 3.63) is 102 Å². The molecular weight excluding hydrogens is 468 g/mol. The third-order valence-electron chi connectivity index (χ3n) is 5.62. The highest BCUT2D eigenvalue weighted by Gasteiger charge is 2.32. The van der Waals surface area contributed by atoms with Gasteiger partial charge in [0.15, 0.2) is 0 Å². The van der Waals surface area contributed by atoms with Crippen molar-refractivity contribution in [3.63, 3.8) is 0 Å². The molecule has 0 aliphatic carbocycles. The van der Waals surface area contributed by atoms with Crippen LogP contribution in [0.4, 0.5) is 0 Å². The largest absolute Gasteiger partial charge is 0.497 e. The lowest BCUT2D eigenvalue weighted by Crippen LogP contribution is -2.54. The number of rotatable bonds is 11. The molecule has 36 heavy (non-hydrogen) atoms. The van der Waals surface area contributed by atoms with Crippen molar-refractivity contribution in [3.8, 4) is 5.75 Å². The zero-order chi connectivity index (χ0) is 26.0. The Kier molecular flexibility index (Phi) is 10.00. The summed E-state index contributed by atoms with van der Waals surface area (Å²) in [5.41, 5.74) is 2.72. The van der Waals surface area contributed by atoms with Crippen LogP contribution >= 0.6 is 11.8 Å². The normalized spacial score (nSPS) is 12.0. The van der Waals surface area contributed by atoms with E-state index in [9.17, 15) is 9.59 Å². The van der Waals surface area contributed by atoms with Gasteiger partial charge in [-0.1, -0.05) is 72.8 Å². The summed E-state index contributed by atoms with van der Waals surface area (Å²) in [6.45, 7) is 6.24. The molecule has 3 aromatic carbocycles. The molecule has 3 rings (SSSR count). The molecule has 1 N–H and O–H groups in total. The van der Waals surface area contributed by atoms with Crippen LogP contribution in [-0.2, 0) is 28.3 Å². The fourth-order valence-corrected chi connectivity index (χ4v) is 4.72. The summed E-state index contributed by atoms with van der Waals surface area (Å²) in [5, 5.41) is 3.10. The van der Waals surface area contributed by atoms with Gasteiger partial charge in [-0.25, -0.2) is 0 Å². The summed E-state index contributed by atoms with van der Waals surface area (Å²) in [4.78, 5) is 28.9. The summed E-state index contributed by atoms with van der Waals surface area (Å²) < 4.78 is 5.23. The van der Waals surface area contributed by atoms with E-state index in [1.165, 1.54) is 0 Å². The Morgan fingerprint density at radius 3 is 2.00 bits per heavy atom. The van der Waals surface area contributed by atoms with Gasteiger partial charge in [0, 0.05) is 24.3 Å². The number of amides is 2. The number of thioether (sulfide) groups is 1. The number of nitrogens with one attached hydrogen (secondary N) is 1. The number of ether oxygens (including phenoxy) is 1. The van der Waals surface area contributed by atoms with Crippen molar-refractivity contribution in [1.82, 2.24) is 10.2 Å². The number of carbonyl (C=O) groups excluding carboxylic acids is 2. The average Bonchev–Trinajstić information content (AvgIpc) is 2.86. The standard InChI is InChI=1S/C30H36N2O3S/c1-30(2,3)31-29(34)27(19-23-11-7-5-8-12-23)32(20-24-13-9-6-10-14-24)28(33)22-36-21-25-15-17-26(35-4)18-16-25/h5-18,27H,19-22H2,1-4H3,(H,31,34)/t27-/m0/s1. The lowest BCUT2D eigenvalue weighted by atomic mass is 10.0. The molecular formula is C30H36N2O3S. The predicted octanol–water partition coefficient (Wildman–Crippen LogP) is 5.48. The Bertz CT molecular complexity index is 1100. The minimum absolute atomic E-state index is 0.0534. The summed E-state index contributed by atoms with van der Waals surface area (Å²) in [5.74, 6) is 1.60. The van der Waals surface area contributed by atoms with Crippen LogP contribution < -0.4 is 10.1 Å². The third-order valence-corrected chi connectivity index (χ3v) is 6.61. The maximum atomic E-state index is 13.6. The van der Waals surface area contributed by atoms with Crippen molar-refractivity contribution in [2.24, 2.45) is 0 Å². The van der Waals surface area contributed by atoms with Gasteiger partial charge in [0.05, 0.1) is 12.9 Å². The Balaban J connectivity index is 1.82. The molecule has 0 radical (unpaired) electrons. The van der Waals surface area contributed by atoms with E-state index in [-0.39, 0.29) is 17.6 Å². The van der Waals surface area contributed by atoms with E-state index in [4.69, 9.17) is 4.74 Å². The first-order valence-electron chi connectivity index (χ1n) is 12.1. The molecule has 6 heteroatoms. The van der Waals surface area contributed by atoms with Gasteiger partial charge in [-0.15, -0.1) is 11.8 Å². The highest BCUT2D eigenvalue weighted by molar-refractivity contribution is 7.99. The smallest absolute Gasteiger partial charge is 0.243 e. The molecule has 0 saturated heterocycles. The van der Waals surface area contributed by atoms with Crippen LogP contribution in [0.15, 0.2) is 84.9 Å². The summed E-state index contributed by atoms with van der Waals surface area (Å²) in [7, 11) is 1.64. The second-order valence-electron chi connectivity index (χ2n) is 9.79. The summed E-state index contributed by atoms with van der Waals surface area (Å²) in [6, 6.07) is 27.0. The molecule has 0 spiro atoms. The van der Waals surface area contributed by atoms with Crippen LogP contribution in [0, 0.1) is 0 Å². The van der Waals surface area contributed by atoms with Crippen LogP contribution in [0.2, 0.25) is 0 Å². The minimum Gasteiger partial charge on any atom is -0.497 e. The van der Waals surface area contributed by atoms with Crippen molar-refractivity contribution < 1.29 is 14.3 Å². The van der Waals surface area contributed by atoms with E-state index in [0.717, 1.165) is 22.4 Å². The zero-order valence-electron chi connectivity index (χ0n) is 21.6. The van der Waals surface area contributed by atoms with E-state index in [1.807, 2.05) is 106 Å². The van der Waals surface area contributed by atoms with Crippen LogP contribution in [0.5, 0.6) is 5.75 Å². The Labute approximate surface area is 219 Å². The second kappa shape index (κ2) is 13.2. The van der Waals surface area contributed by atoms with Gasteiger partial charge in [0.2, 0.25) is 11.8 Å². The highest BCUT2D eigenvalue weighted by atomic mass is 32.2. The average molecular weight is 505 g/mol. The maximum absolute atomic E-state index is 13.6. The first-order chi connectivity index (χ1) is 17.2. The molecule has 2 amide bonds. The molecule has 0 saturated carbocycles. The number of benzene rings is 3. The van der Waals surface area contributed by atoms with Crippen LogP contribution in [0.3, 0.4) is 0 Å². The van der Waals surface area contributed by atoms with Crippen LogP contribution in [-0.4, -0.2) is 41.2 Å². The van der Waals surface area contributed by atoms with Gasteiger partial charge in [0.25, 0.3) is 0 Å². The van der Waals surface area contributed by atoms with Crippen LogP contribution in [0.25, 0.3) is 0 Å². The van der Waals surface area contributed by atoms with E-state index >= 15 is 0 Å². The first kappa shape index (κ1) is 27.3. The van der Waals surface area contributed by atoms with E-state index in [0.29, 0.717) is 18.7 Å². The van der Waals surface area contributed by atoms with Gasteiger partial charge in [-0.3, -0.25) is 9.59 Å². The highest BCUT2D eigenvalue weighted by Crippen LogP contribution is 2.20. The minimum atomic E-state index is -0.624. The molecule has 0 fully saturated rings. The zero-order valence-corrected chi connectivity index (χ0v) is 22.4. The molecule has 0 unspecified atom stereocenters. The van der Waals surface area contributed by atoms with Gasteiger partial charge < -0.3 is 15.0 Å². The molecule has 0 bridgehead atoms. The lowest BCUT2D eigenvalue weighted by molar-refractivity contribution is -0.140. The second-order valence-corrected chi connectivity index (χ2v) is 10.8. The number of nitrogens with zero attached hydrogens (tertiary/aromatic N) is 1. The lowest BCUT2D eigenvalue weighted by Gasteiger charge is -2.34. The third kappa shape index (κ3) is 8.76. The monoisotopic (exact) mass is 504 g/mol. The van der Waals surface area contributed by atoms with Crippen molar-refractivity contribution in [2.75, 3.05) is 12.9 Å². The SMILES string of the molecule is COc1ccc(CSCC(=O)N(Cc2ccccc2)[C@@H](Cc2ccccc2)C(=O)NC(C)(C)C)cc1. The van der Waals surface area contributed by atoms with E-state index in [1.54, 1.807) is 23.8 Å². The predicted molar refractivity (Wildman–Crippen MR) is 148 cm³/mol. The summed E-state index contributed by atoms with van der Waals surface area (Å²) >= 11 is 1.55. The Morgan fingerprint density at radius 1 is 0.861 bits per heavy atom. The number of hydrogen-bond acceptors (Lipinski definition) is 4. The topological polar surface area (TPSA) is 58.6 Å². The Hall–Kier alpha value is -3.25. The summed E-state index contributed by atoms with van der Waals surface area (Å²) in [6.07, 6.45) is 0.449. The van der Waals surface area contributed by atoms with E-state index < -0.39 is 11.6 Å². The fraction of sp³-hybridized carbons (Fsp3) is 0.333. The number of methoxy groups -OCH3 is 1. The van der Waals surface area contributed by atoms with Crippen molar-refractivity contribution >= 4 is 23.6 Å². The van der Waals surface area contributed by atoms with Gasteiger partial charge in [0.1, 0.15) is 11.8 Å². The Morgan fingerprint density at radius 2 is 1.44 bits per heavy atom. The molecule has 0 aliphatic heterocycles. The molecule has 1 atom stereocenters. The molecule has 0 heterocycles. The van der Waals surface area contributed by atoms with Crippen molar-refractivity contribution in [1.29, 1.82) is 0 Å². The molecule has 5 nitrogen and oxygen atoms in total.